The molecule has 0 atom stereocenters. The smallest absolute Gasteiger partial charge is 0.465 e. The molecule has 8 aromatic carbocycles. The Kier molecular flexibility index (Phi) is 35.5. The number of sulfonamides is 1. The highest BCUT2D eigenvalue weighted by molar-refractivity contribution is 7.97. The summed E-state index contributed by atoms with van der Waals surface area (Å²) >= 11 is 0. The van der Waals surface area contributed by atoms with Crippen molar-refractivity contribution >= 4 is 120 Å². The molecule has 9 aromatic rings. The van der Waals surface area contributed by atoms with Crippen LogP contribution >= 0.6 is 10.5 Å². The number of rotatable bonds is 26. The summed E-state index contributed by atoms with van der Waals surface area (Å²) < 4.78 is 242. The molecule has 133 heavy (non-hydrogen) atoms. The molecule has 0 spiro atoms. The Morgan fingerprint density at radius 3 is 1.24 bits per heavy atom. The molecule has 32 heteroatoms. The average Bonchev–Trinajstić information content (AvgIpc) is 1.07. The van der Waals surface area contributed by atoms with Gasteiger partial charge >= 0.3 is 47.9 Å². The molecule has 4 heterocycles. The maximum Gasteiger partial charge on any atom is 0.465 e. The maximum atomic E-state index is 13.6. The lowest BCUT2D eigenvalue weighted by atomic mass is 9.50. The minimum absolute atomic E-state index is 0.0153. The second-order valence-corrected chi connectivity index (χ2v) is 50.0. The van der Waals surface area contributed by atoms with E-state index in [9.17, 15) is 78.1 Å². The number of carbonyl (C=O) groups excluding carboxylic acids is 1. The molecule has 10 aliphatic rings. The van der Waals surface area contributed by atoms with Gasteiger partial charge in [-0.25, -0.2) is 13.2 Å². The lowest BCUT2D eigenvalue weighted by Gasteiger charge is -2.56. The third kappa shape index (κ3) is 24.2. The van der Waals surface area contributed by atoms with Gasteiger partial charge in [0.25, 0.3) is 20.1 Å². The first kappa shape index (κ1) is 104. The molecule has 1 aromatic heterocycles. The van der Waals surface area contributed by atoms with E-state index in [-0.39, 0.29) is 58.1 Å². The lowest BCUT2D eigenvalue weighted by Crippen LogP contribution is -2.63. The number of piperidine rings is 1. The van der Waals surface area contributed by atoms with Crippen molar-refractivity contribution in [2.45, 2.75) is 280 Å². The first-order valence-corrected chi connectivity index (χ1v) is 57.6. The van der Waals surface area contributed by atoms with Crippen molar-refractivity contribution < 1.29 is 107 Å². The van der Waals surface area contributed by atoms with Gasteiger partial charge in [0.05, 0.1) is 19.8 Å². The van der Waals surface area contributed by atoms with Crippen molar-refractivity contribution in [2.75, 3.05) is 62.5 Å². The third-order valence-electron chi connectivity index (χ3n) is 27.8. The lowest BCUT2D eigenvalue weighted by molar-refractivity contribution is -0.246. The largest absolute Gasteiger partial charge is 0.493 e. The minimum Gasteiger partial charge on any atom is -0.493 e. The zero-order chi connectivity index (χ0) is 95.2. The van der Waals surface area contributed by atoms with Gasteiger partial charge in [0.2, 0.25) is 0 Å². The van der Waals surface area contributed by atoms with Gasteiger partial charge in [-0.05, 0) is 265 Å². The van der Waals surface area contributed by atoms with Crippen LogP contribution in [0.3, 0.4) is 0 Å². The number of halogens is 8. The molecule has 4 bridgehead atoms. The predicted molar refractivity (Wildman–Crippen MR) is 516 cm³/mol. The molecule has 4 N–H and O–H groups in total. The van der Waals surface area contributed by atoms with E-state index in [0.29, 0.717) is 56.8 Å². The van der Waals surface area contributed by atoms with Gasteiger partial charge in [-0.3, -0.25) is 13.7 Å². The molecule has 7 aliphatic carbocycles. The number of ether oxygens (including phenoxy) is 3. The second-order valence-electron chi connectivity index (χ2n) is 37.3. The zero-order valence-corrected chi connectivity index (χ0v) is 81.6. The summed E-state index contributed by atoms with van der Waals surface area (Å²) in [5.74, 6) is 1.40. The van der Waals surface area contributed by atoms with Gasteiger partial charge in [-0.15, -0.1) is 0 Å². The van der Waals surface area contributed by atoms with Gasteiger partial charge in [-0.2, -0.15) is 64.7 Å². The molecular weight excluding hydrogens is 1860 g/mol. The summed E-state index contributed by atoms with van der Waals surface area (Å²) in [6.07, 6.45) is 35.2. The Hall–Kier alpha value is -6.69. The van der Waals surface area contributed by atoms with Gasteiger partial charge in [0.1, 0.15) is 39.4 Å². The number of unbranched alkanes of at least 4 members (excludes halogenated alkanes) is 2. The van der Waals surface area contributed by atoms with E-state index in [0.717, 1.165) is 119 Å². The topological polar surface area (TPSA) is 265 Å². The van der Waals surface area contributed by atoms with Crippen LogP contribution in [0.15, 0.2) is 172 Å². The zero-order valence-electron chi connectivity index (χ0n) is 75.9. The van der Waals surface area contributed by atoms with Crippen LogP contribution in [-0.4, -0.2) is 147 Å². The van der Waals surface area contributed by atoms with Crippen LogP contribution in [0.25, 0.3) is 46.6 Å². The number of nitrogens with zero attached hydrogens (tertiary/aromatic N) is 1. The fraction of sp³-hybridized carbons (Fsp3) is 0.554. The summed E-state index contributed by atoms with van der Waals surface area (Å²) in [7, 11) is -22.3. The van der Waals surface area contributed by atoms with Gasteiger partial charge in [0.15, 0.2) is 24.1 Å². The molecule has 0 amide bonds. The van der Waals surface area contributed by atoms with Crippen LogP contribution in [0.4, 0.5) is 35.1 Å². The highest BCUT2D eigenvalue weighted by Gasteiger charge is 2.82. The standard InChI is InChI=1S/C24H36O3S.C20H17OS.2C18H23OS.C13H18F2O5S.C8H11F6NO5S2/c25-28(26,27)24-22(19-12-6-2-7-13-19)16-21(18-10-4-1-5-11-18)17-23(24)20-14-8-3-9-15-20;21-14-13-15-9-11-16(12-10-15)22-19-7-3-1-5-17(19)18-6-2-4-8-20(18)22;2*1-2-3-12-19-17-10-11-18(20-13-6-7-14-20)16-9-5-4-8-15(16)17;14-13(15,21(17,18)19)11(16)20-7-12-4-8-1-9(5-12)3-10(2-8)6-12;9-6(10,8(13,14)22(18,19)20)7(11,12)21(16,17)15-4-2-1-3-5-15/h16-20H,1-15H2,(H,25,26,27);1-12,21H,13-14H2;2*4-5,8-11H,2-3,6-7,12-14H2,1H3;8-10H,1-7H2,(H,17,18,19);1-5H2,(H,18,19,20)/q;3*+1;;. The minimum atomic E-state index is -6.98. The predicted octanol–water partition coefficient (Wildman–Crippen LogP) is 25.7. The first-order valence-electron chi connectivity index (χ1n) is 47.5. The van der Waals surface area contributed by atoms with Crippen LogP contribution in [0, 0.1) is 23.2 Å². The molecule has 10 fully saturated rings. The molecule has 19 rings (SSSR count). The van der Waals surface area contributed by atoms with E-state index in [1.807, 2.05) is 0 Å². The number of carbonyl (C=O) groups is 1. The van der Waals surface area contributed by atoms with Gasteiger partial charge in [0, 0.05) is 89.7 Å². The van der Waals surface area contributed by atoms with E-state index in [4.69, 9.17) is 23.7 Å². The Morgan fingerprint density at radius 1 is 0.459 bits per heavy atom. The SMILES string of the molecule is CCCCOc1ccc([S+]2CCCC2)c2ccccc12.CCCCOc1ccc([S+]2CCCC2)c2ccccc12.O=C(OCC12CC3CC(CC(C3)C1)C2)C(F)(F)S(=O)(=O)O.O=S(=O)(O)C(F)(F)C(F)(F)C(F)(F)S(=O)(=O)N1CCCCC1.O=S(=O)(O)c1c(C2CCCCC2)cc(C2CCCCC2)cc1C1CCCCC1.OCCc1ccc(-[s+]2c3ccccc3c3ccccc32)cc1. The number of thiophene rings is 1. The molecule has 728 valence electrons. The fourth-order valence-corrected chi connectivity index (χ4v) is 32.1. The molecule has 0 radical (unpaired) electrons. The number of benzene rings is 8. The van der Waals surface area contributed by atoms with E-state index < -0.39 is 81.1 Å². The summed E-state index contributed by atoms with van der Waals surface area (Å²) in [5.41, 5.74) is 4.17. The monoisotopic (exact) mass is 1990 g/mol. The van der Waals surface area contributed by atoms with Crippen LogP contribution in [0.1, 0.15) is 259 Å². The van der Waals surface area contributed by atoms with Crippen molar-refractivity contribution in [1.82, 2.24) is 4.31 Å². The first-order chi connectivity index (χ1) is 63.4. The number of hydrogen-bond donors (Lipinski definition) is 4. The Bertz CT molecular complexity index is 5660. The second kappa shape index (κ2) is 45.5. The van der Waals surface area contributed by atoms with Crippen molar-refractivity contribution in [1.29, 1.82) is 0 Å². The summed E-state index contributed by atoms with van der Waals surface area (Å²) in [4.78, 5) is 16.0. The number of fused-ring (bicyclic) bond motifs is 5. The summed E-state index contributed by atoms with van der Waals surface area (Å²) in [6.45, 7) is 4.89. The molecular formula is C101H128F8NO16S7+3. The molecule has 17 nitrogen and oxygen atoms in total. The van der Waals surface area contributed by atoms with Gasteiger partial charge < -0.3 is 19.3 Å². The van der Waals surface area contributed by atoms with Crippen LogP contribution < -0.4 is 9.47 Å². The van der Waals surface area contributed by atoms with E-state index in [2.05, 4.69) is 176 Å². The highest BCUT2D eigenvalue weighted by atomic mass is 32.2. The normalized spacial score (nSPS) is 21.1. The van der Waals surface area contributed by atoms with E-state index in [1.165, 1.54) is 190 Å². The molecule has 7 saturated carbocycles. The Balaban J connectivity index is 0.000000136. The number of alkyl halides is 8. The van der Waals surface area contributed by atoms with Gasteiger partial charge in [-0.1, -0.05) is 176 Å². The number of esters is 1. The third-order valence-corrected chi connectivity index (χ3v) is 39.9. The number of aliphatic hydroxyl groups excluding tert-OH is 1. The van der Waals surface area contributed by atoms with Crippen LogP contribution in [-0.2, 0) is 78.1 Å². The fourth-order valence-electron chi connectivity index (χ4n) is 21.4. The van der Waals surface area contributed by atoms with Crippen LogP contribution in [0.5, 0.6) is 11.5 Å². The Morgan fingerprint density at radius 2 is 0.850 bits per heavy atom. The Labute approximate surface area is 787 Å². The summed E-state index contributed by atoms with van der Waals surface area (Å²) in [6, 6.07) is 57.1. The quantitative estimate of drug-likeness (QED) is 0.0129. The van der Waals surface area contributed by atoms with Crippen molar-refractivity contribution in [3.63, 3.8) is 0 Å². The molecule has 3 aliphatic heterocycles. The van der Waals surface area contributed by atoms with Crippen LogP contribution in [0.2, 0.25) is 0 Å². The van der Waals surface area contributed by atoms with Crippen molar-refractivity contribution in [3.05, 3.63) is 180 Å². The highest BCUT2D eigenvalue weighted by Crippen LogP contribution is 2.61. The number of hydrogen-bond acceptors (Lipinski definition) is 13. The van der Waals surface area contributed by atoms with E-state index >= 15 is 0 Å². The summed E-state index contributed by atoms with van der Waals surface area (Å²) in [5, 5.41) is -0.827. The van der Waals surface area contributed by atoms with E-state index in [1.54, 1.807) is 9.79 Å². The molecule has 3 saturated heterocycles. The maximum absolute atomic E-state index is 13.6. The average molecular weight is 1990 g/mol. The molecule has 0 unspecified atom stereocenters. The van der Waals surface area contributed by atoms with Crippen molar-refractivity contribution in [3.8, 4) is 16.4 Å². The van der Waals surface area contributed by atoms with Crippen molar-refractivity contribution in [2.24, 2.45) is 23.2 Å². The number of aliphatic hydroxyl groups is 1.